The van der Waals surface area contributed by atoms with Crippen molar-refractivity contribution >= 4 is 64.1 Å². The van der Waals surface area contributed by atoms with Gasteiger partial charge in [-0.15, -0.1) is 11.3 Å². The molecule has 5 heteroatoms. The summed E-state index contributed by atoms with van der Waals surface area (Å²) < 4.78 is 4.96. The lowest BCUT2D eigenvalue weighted by Crippen LogP contribution is -2.02. The molecule has 0 aliphatic heterocycles. The Morgan fingerprint density at radius 2 is 0.867 bits per heavy atom. The average molecular weight is 783 g/mol. The van der Waals surface area contributed by atoms with Gasteiger partial charge in [0.05, 0.1) is 16.7 Å². The molecule has 0 spiro atoms. The molecule has 0 N–H and O–H groups in total. The molecular formula is C55H34N4S. The molecule has 0 fully saturated rings. The number of hydrogen-bond donors (Lipinski definition) is 0. The Bertz CT molecular complexity index is 3550. The maximum atomic E-state index is 5.34. The Hall–Kier alpha value is -7.73. The molecule has 60 heavy (non-hydrogen) atoms. The molecular weight excluding hydrogens is 749 g/mol. The number of hydrogen-bond acceptors (Lipinski definition) is 4. The second-order valence-electron chi connectivity index (χ2n) is 15.2. The highest BCUT2D eigenvalue weighted by Crippen LogP contribution is 2.41. The molecule has 0 bridgehead atoms. The van der Waals surface area contributed by atoms with Crippen LogP contribution < -0.4 is 0 Å². The smallest absolute Gasteiger partial charge is 0.164 e. The minimum absolute atomic E-state index is 0.613. The van der Waals surface area contributed by atoms with Crippen molar-refractivity contribution in [3.63, 3.8) is 0 Å². The number of aromatic nitrogens is 4. The van der Waals surface area contributed by atoms with Gasteiger partial charge in [-0.2, -0.15) is 0 Å². The molecule has 12 rings (SSSR count). The van der Waals surface area contributed by atoms with E-state index in [1.807, 2.05) is 29.5 Å². The molecule has 280 valence electrons. The number of rotatable bonds is 6. The highest BCUT2D eigenvalue weighted by atomic mass is 32.1. The van der Waals surface area contributed by atoms with E-state index in [4.69, 9.17) is 15.0 Å². The molecule has 4 nitrogen and oxygen atoms in total. The average Bonchev–Trinajstić information content (AvgIpc) is 3.87. The number of para-hydroxylation sites is 2. The Morgan fingerprint density at radius 1 is 0.317 bits per heavy atom. The van der Waals surface area contributed by atoms with Crippen molar-refractivity contribution in [3.05, 3.63) is 206 Å². The van der Waals surface area contributed by atoms with E-state index >= 15 is 0 Å². The Kier molecular flexibility index (Phi) is 8.00. The summed E-state index contributed by atoms with van der Waals surface area (Å²) in [6.45, 7) is 0. The normalized spacial score (nSPS) is 11.7. The van der Waals surface area contributed by atoms with E-state index < -0.39 is 0 Å². The third-order valence-electron chi connectivity index (χ3n) is 11.6. The fraction of sp³-hybridized carbons (Fsp3) is 0. The maximum Gasteiger partial charge on any atom is 0.164 e. The molecule has 0 unspecified atom stereocenters. The van der Waals surface area contributed by atoms with Crippen LogP contribution >= 0.6 is 11.3 Å². The second kappa shape index (κ2) is 14.0. The summed E-state index contributed by atoms with van der Waals surface area (Å²) in [5.74, 6) is 1.86. The zero-order chi connectivity index (χ0) is 39.6. The van der Waals surface area contributed by atoms with Crippen molar-refractivity contribution in [2.45, 2.75) is 0 Å². The molecule has 3 heterocycles. The fourth-order valence-electron chi connectivity index (χ4n) is 8.82. The number of benzene rings is 9. The molecule has 12 aromatic rings. The lowest BCUT2D eigenvalue weighted by atomic mass is 9.94. The summed E-state index contributed by atoms with van der Waals surface area (Å²) in [5, 5.41) is 7.33. The molecule has 3 aromatic heterocycles. The summed E-state index contributed by atoms with van der Waals surface area (Å²) in [7, 11) is 0. The highest BCUT2D eigenvalue weighted by molar-refractivity contribution is 7.25. The summed E-state index contributed by atoms with van der Waals surface area (Å²) in [4.78, 5) is 15.8. The molecule has 0 aliphatic rings. The van der Waals surface area contributed by atoms with Gasteiger partial charge in [0, 0.05) is 53.2 Å². The van der Waals surface area contributed by atoms with Gasteiger partial charge in [0.2, 0.25) is 0 Å². The third-order valence-corrected chi connectivity index (χ3v) is 12.8. The van der Waals surface area contributed by atoms with Gasteiger partial charge in [-0.1, -0.05) is 164 Å². The summed E-state index contributed by atoms with van der Waals surface area (Å²) in [5.41, 5.74) is 10.7. The van der Waals surface area contributed by atoms with Crippen molar-refractivity contribution in [1.29, 1.82) is 0 Å². The van der Waals surface area contributed by atoms with Gasteiger partial charge in [0.25, 0.3) is 0 Å². The predicted octanol–water partition coefficient (Wildman–Crippen LogP) is 14.8. The van der Waals surface area contributed by atoms with Gasteiger partial charge in [0.1, 0.15) is 0 Å². The van der Waals surface area contributed by atoms with Crippen LogP contribution in [0.2, 0.25) is 0 Å². The van der Waals surface area contributed by atoms with Gasteiger partial charge in [0.15, 0.2) is 17.5 Å². The van der Waals surface area contributed by atoms with E-state index in [0.29, 0.717) is 17.5 Å². The minimum Gasteiger partial charge on any atom is -0.309 e. The van der Waals surface area contributed by atoms with Crippen LogP contribution in [0.1, 0.15) is 0 Å². The van der Waals surface area contributed by atoms with Crippen molar-refractivity contribution < 1.29 is 0 Å². The fourth-order valence-corrected chi connectivity index (χ4v) is 9.97. The molecule has 0 saturated carbocycles. The topological polar surface area (TPSA) is 43.6 Å². The predicted molar refractivity (Wildman–Crippen MR) is 252 cm³/mol. The van der Waals surface area contributed by atoms with E-state index in [1.165, 1.54) is 36.3 Å². The van der Waals surface area contributed by atoms with Crippen LogP contribution in [0.25, 0.3) is 115 Å². The molecule has 0 atom stereocenters. The highest BCUT2D eigenvalue weighted by Gasteiger charge is 2.20. The largest absolute Gasteiger partial charge is 0.309 e. The number of thiophene rings is 1. The van der Waals surface area contributed by atoms with Gasteiger partial charge < -0.3 is 4.57 Å². The maximum absolute atomic E-state index is 5.34. The first kappa shape index (κ1) is 34.3. The molecule has 0 saturated heterocycles. The first-order chi connectivity index (χ1) is 29.7. The second-order valence-corrected chi connectivity index (χ2v) is 16.3. The van der Waals surface area contributed by atoms with Crippen molar-refractivity contribution in [1.82, 2.24) is 19.5 Å². The van der Waals surface area contributed by atoms with Gasteiger partial charge >= 0.3 is 0 Å². The number of nitrogens with zero attached hydrogens (tertiary/aromatic N) is 4. The first-order valence-electron chi connectivity index (χ1n) is 20.2. The van der Waals surface area contributed by atoms with Crippen LogP contribution in [0, 0.1) is 0 Å². The summed E-state index contributed by atoms with van der Waals surface area (Å²) in [6, 6.07) is 73.4. The summed E-state index contributed by atoms with van der Waals surface area (Å²) in [6.07, 6.45) is 0. The van der Waals surface area contributed by atoms with Crippen LogP contribution in [0.4, 0.5) is 0 Å². The SMILES string of the molecule is c1ccc(-c2nc(-c3ccc(-c4ccccc4)c(-n4c5ccccc5c5ccccc54)c3)nc(-c3cc(-c4ccc5c(c4)sc4ccccc45)c4ccccc4c3)n2)cc1. The van der Waals surface area contributed by atoms with E-state index in [-0.39, 0.29) is 0 Å². The molecule has 0 amide bonds. The van der Waals surface area contributed by atoms with Crippen LogP contribution in [-0.4, -0.2) is 19.5 Å². The Morgan fingerprint density at radius 3 is 1.60 bits per heavy atom. The van der Waals surface area contributed by atoms with Crippen LogP contribution in [0.3, 0.4) is 0 Å². The van der Waals surface area contributed by atoms with Crippen LogP contribution in [0.15, 0.2) is 206 Å². The van der Waals surface area contributed by atoms with Crippen LogP contribution in [0.5, 0.6) is 0 Å². The Labute approximate surface area is 350 Å². The third kappa shape index (κ3) is 5.70. The zero-order valence-corrected chi connectivity index (χ0v) is 33.1. The lowest BCUT2D eigenvalue weighted by molar-refractivity contribution is 1.07. The first-order valence-corrected chi connectivity index (χ1v) is 21.0. The van der Waals surface area contributed by atoms with Crippen molar-refractivity contribution in [2.24, 2.45) is 0 Å². The minimum atomic E-state index is 0.613. The molecule has 9 aromatic carbocycles. The number of fused-ring (bicyclic) bond motifs is 7. The zero-order valence-electron chi connectivity index (χ0n) is 32.3. The quantitative estimate of drug-likeness (QED) is 0.169. The van der Waals surface area contributed by atoms with Gasteiger partial charge in [-0.25, -0.2) is 15.0 Å². The monoisotopic (exact) mass is 782 g/mol. The van der Waals surface area contributed by atoms with E-state index in [0.717, 1.165) is 61.1 Å². The summed E-state index contributed by atoms with van der Waals surface area (Å²) >= 11 is 1.84. The standard InChI is InChI=1S/C55H34N4S/c1-3-15-35(16-4-1)42-29-28-39(33-50(42)59-48-24-12-9-21-43(48)44-22-10-13-25-49(44)59)54-56-53(36-17-5-2-6-18-36)57-55(58-54)40-31-37-19-7-8-20-41(37)47(32-40)38-27-30-46-45-23-11-14-26-51(45)60-52(46)34-38/h1-34H. The Balaban J connectivity index is 1.08. The van der Waals surface area contributed by atoms with Gasteiger partial charge in [-0.05, 0) is 69.9 Å². The van der Waals surface area contributed by atoms with E-state index in [2.05, 4.69) is 193 Å². The van der Waals surface area contributed by atoms with Crippen molar-refractivity contribution in [3.8, 4) is 62.1 Å². The van der Waals surface area contributed by atoms with E-state index in [9.17, 15) is 0 Å². The van der Waals surface area contributed by atoms with Gasteiger partial charge in [-0.3, -0.25) is 0 Å². The van der Waals surface area contributed by atoms with Crippen LogP contribution in [-0.2, 0) is 0 Å². The van der Waals surface area contributed by atoms with Crippen molar-refractivity contribution in [2.75, 3.05) is 0 Å². The lowest BCUT2D eigenvalue weighted by Gasteiger charge is -2.16. The molecule has 0 radical (unpaired) electrons. The van der Waals surface area contributed by atoms with E-state index in [1.54, 1.807) is 0 Å². The molecule has 0 aliphatic carbocycles.